The predicted molar refractivity (Wildman–Crippen MR) is 83.2 cm³/mol. The van der Waals surface area contributed by atoms with Gasteiger partial charge in [0, 0.05) is 11.6 Å². The molecule has 1 atom stereocenters. The molecule has 0 aliphatic carbocycles. The Balaban J connectivity index is 2.24. The van der Waals surface area contributed by atoms with Crippen molar-refractivity contribution in [3.63, 3.8) is 0 Å². The van der Waals surface area contributed by atoms with Gasteiger partial charge in [-0.25, -0.2) is 0 Å². The number of phenolic OH excluding ortho intramolecular Hbond substituents is 1. The molecule has 2 N–H and O–H groups in total. The SMILES string of the molecule is COc1ccc(C(C)Nc2cccc(Cl)c2Cl)c(O)c1. The van der Waals surface area contributed by atoms with Gasteiger partial charge in [-0.2, -0.15) is 0 Å². The van der Waals surface area contributed by atoms with Crippen molar-refractivity contribution in [2.24, 2.45) is 0 Å². The highest BCUT2D eigenvalue weighted by molar-refractivity contribution is 6.43. The van der Waals surface area contributed by atoms with E-state index in [0.29, 0.717) is 15.8 Å². The normalized spacial score (nSPS) is 12.0. The van der Waals surface area contributed by atoms with Crippen molar-refractivity contribution in [2.75, 3.05) is 12.4 Å². The van der Waals surface area contributed by atoms with Gasteiger partial charge < -0.3 is 15.2 Å². The van der Waals surface area contributed by atoms with Gasteiger partial charge in [0.1, 0.15) is 11.5 Å². The molecular formula is C15H15Cl2NO2. The molecule has 0 saturated heterocycles. The molecule has 0 radical (unpaired) electrons. The Bertz CT molecular complexity index is 617. The van der Waals surface area contributed by atoms with E-state index in [4.69, 9.17) is 27.9 Å². The Morgan fingerprint density at radius 2 is 1.95 bits per heavy atom. The molecule has 0 heterocycles. The number of phenols is 1. The number of anilines is 1. The van der Waals surface area contributed by atoms with E-state index >= 15 is 0 Å². The summed E-state index contributed by atoms with van der Waals surface area (Å²) in [6, 6.07) is 10.4. The summed E-state index contributed by atoms with van der Waals surface area (Å²) in [5.41, 5.74) is 1.48. The molecule has 0 aliphatic heterocycles. The van der Waals surface area contributed by atoms with Crippen LogP contribution < -0.4 is 10.1 Å². The van der Waals surface area contributed by atoms with Crippen molar-refractivity contribution in [2.45, 2.75) is 13.0 Å². The number of rotatable bonds is 4. The van der Waals surface area contributed by atoms with E-state index in [2.05, 4.69) is 5.32 Å². The molecule has 106 valence electrons. The minimum absolute atomic E-state index is 0.128. The molecule has 2 aromatic carbocycles. The number of ether oxygens (including phenoxy) is 1. The second-order valence-corrected chi connectivity index (χ2v) is 5.18. The van der Waals surface area contributed by atoms with Crippen molar-refractivity contribution in [1.82, 2.24) is 0 Å². The van der Waals surface area contributed by atoms with E-state index < -0.39 is 0 Å². The minimum Gasteiger partial charge on any atom is -0.507 e. The molecular weight excluding hydrogens is 297 g/mol. The maximum Gasteiger partial charge on any atom is 0.124 e. The van der Waals surface area contributed by atoms with Crippen LogP contribution >= 0.6 is 23.2 Å². The molecule has 0 saturated carbocycles. The number of halogens is 2. The van der Waals surface area contributed by atoms with Crippen molar-refractivity contribution in [3.05, 3.63) is 52.0 Å². The number of methoxy groups -OCH3 is 1. The largest absolute Gasteiger partial charge is 0.507 e. The van der Waals surface area contributed by atoms with Crippen molar-refractivity contribution in [3.8, 4) is 11.5 Å². The second kappa shape index (κ2) is 6.25. The quantitative estimate of drug-likeness (QED) is 0.845. The van der Waals surface area contributed by atoms with Crippen LogP contribution in [0.3, 0.4) is 0 Å². The maximum atomic E-state index is 10.0. The van der Waals surface area contributed by atoms with Gasteiger partial charge in [0.05, 0.1) is 28.9 Å². The Morgan fingerprint density at radius 3 is 2.60 bits per heavy atom. The molecule has 0 aliphatic rings. The summed E-state index contributed by atoms with van der Waals surface area (Å²) in [4.78, 5) is 0. The van der Waals surface area contributed by atoms with Gasteiger partial charge in [-0.05, 0) is 31.2 Å². The van der Waals surface area contributed by atoms with Gasteiger partial charge >= 0.3 is 0 Å². The number of hydrogen-bond acceptors (Lipinski definition) is 3. The fraction of sp³-hybridized carbons (Fsp3) is 0.200. The fourth-order valence-electron chi connectivity index (χ4n) is 1.94. The van der Waals surface area contributed by atoms with E-state index in [9.17, 15) is 5.11 Å². The number of benzene rings is 2. The van der Waals surface area contributed by atoms with Crippen LogP contribution in [0.4, 0.5) is 5.69 Å². The highest BCUT2D eigenvalue weighted by Crippen LogP contribution is 2.34. The zero-order valence-electron chi connectivity index (χ0n) is 11.2. The lowest BCUT2D eigenvalue weighted by Gasteiger charge is -2.18. The maximum absolute atomic E-state index is 10.0. The molecule has 3 nitrogen and oxygen atoms in total. The van der Waals surface area contributed by atoms with Crippen LogP contribution in [-0.2, 0) is 0 Å². The third-order valence-electron chi connectivity index (χ3n) is 3.03. The molecule has 1 unspecified atom stereocenters. The summed E-state index contributed by atoms with van der Waals surface area (Å²) in [5, 5.41) is 14.2. The molecule has 0 spiro atoms. The standard InChI is InChI=1S/C15H15Cl2NO2/c1-9(11-7-6-10(20-2)8-14(11)19)18-13-5-3-4-12(16)15(13)17/h3-9,18-19H,1-2H3. The van der Waals surface area contributed by atoms with E-state index in [1.165, 1.54) is 0 Å². The zero-order valence-corrected chi connectivity index (χ0v) is 12.7. The summed E-state index contributed by atoms with van der Waals surface area (Å²) in [6.07, 6.45) is 0. The monoisotopic (exact) mass is 311 g/mol. The predicted octanol–water partition coefficient (Wildman–Crippen LogP) is 4.88. The van der Waals surface area contributed by atoms with E-state index in [-0.39, 0.29) is 11.8 Å². The first-order valence-electron chi connectivity index (χ1n) is 6.10. The van der Waals surface area contributed by atoms with Gasteiger partial charge in [0.15, 0.2) is 0 Å². The zero-order chi connectivity index (χ0) is 14.7. The van der Waals surface area contributed by atoms with Crippen LogP contribution in [0.15, 0.2) is 36.4 Å². The lowest BCUT2D eigenvalue weighted by molar-refractivity contribution is 0.406. The molecule has 0 amide bonds. The topological polar surface area (TPSA) is 41.5 Å². The summed E-state index contributed by atoms with van der Waals surface area (Å²) in [7, 11) is 1.56. The first-order valence-corrected chi connectivity index (χ1v) is 6.86. The van der Waals surface area contributed by atoms with Crippen LogP contribution in [0, 0.1) is 0 Å². The summed E-state index contributed by atoms with van der Waals surface area (Å²) < 4.78 is 5.06. The lowest BCUT2D eigenvalue weighted by Crippen LogP contribution is -2.07. The van der Waals surface area contributed by atoms with Crippen molar-refractivity contribution >= 4 is 28.9 Å². The van der Waals surface area contributed by atoms with Gasteiger partial charge in [-0.3, -0.25) is 0 Å². The average molecular weight is 312 g/mol. The van der Waals surface area contributed by atoms with Crippen LogP contribution in [0.25, 0.3) is 0 Å². The third kappa shape index (κ3) is 3.11. The highest BCUT2D eigenvalue weighted by atomic mass is 35.5. The summed E-state index contributed by atoms with van der Waals surface area (Å²) in [5.74, 6) is 0.779. The first kappa shape index (κ1) is 14.8. The summed E-state index contributed by atoms with van der Waals surface area (Å²) in [6.45, 7) is 1.93. The Morgan fingerprint density at radius 1 is 1.20 bits per heavy atom. The second-order valence-electron chi connectivity index (χ2n) is 4.39. The number of aromatic hydroxyl groups is 1. The molecule has 0 aromatic heterocycles. The number of nitrogens with one attached hydrogen (secondary N) is 1. The van der Waals surface area contributed by atoms with Crippen LogP contribution in [0.2, 0.25) is 10.0 Å². The van der Waals surface area contributed by atoms with Crippen LogP contribution in [0.5, 0.6) is 11.5 Å². The molecule has 2 aromatic rings. The molecule has 0 bridgehead atoms. The number of hydrogen-bond donors (Lipinski definition) is 2. The third-order valence-corrected chi connectivity index (χ3v) is 3.85. The van der Waals surface area contributed by atoms with Gasteiger partial charge in [0.25, 0.3) is 0 Å². The highest BCUT2D eigenvalue weighted by Gasteiger charge is 2.13. The smallest absolute Gasteiger partial charge is 0.124 e. The van der Waals surface area contributed by atoms with Crippen LogP contribution in [-0.4, -0.2) is 12.2 Å². The molecule has 20 heavy (non-hydrogen) atoms. The van der Waals surface area contributed by atoms with Crippen molar-refractivity contribution < 1.29 is 9.84 Å². The average Bonchev–Trinajstić information content (AvgIpc) is 2.43. The van der Waals surface area contributed by atoms with Gasteiger partial charge in [-0.15, -0.1) is 0 Å². The van der Waals surface area contributed by atoms with Gasteiger partial charge in [0.2, 0.25) is 0 Å². The molecule has 5 heteroatoms. The lowest BCUT2D eigenvalue weighted by atomic mass is 10.1. The molecule has 0 fully saturated rings. The van der Waals surface area contributed by atoms with E-state index in [1.807, 2.05) is 25.1 Å². The Kier molecular flexibility index (Phi) is 4.63. The van der Waals surface area contributed by atoms with E-state index in [0.717, 1.165) is 11.3 Å². The minimum atomic E-state index is -0.128. The fourth-order valence-corrected chi connectivity index (χ4v) is 2.30. The van der Waals surface area contributed by atoms with Gasteiger partial charge in [-0.1, -0.05) is 29.3 Å². The Labute approximate surface area is 128 Å². The van der Waals surface area contributed by atoms with Crippen LogP contribution in [0.1, 0.15) is 18.5 Å². The Hall–Kier alpha value is -1.58. The molecule has 2 rings (SSSR count). The first-order chi connectivity index (χ1) is 9.52. The van der Waals surface area contributed by atoms with E-state index in [1.54, 1.807) is 25.3 Å². The summed E-state index contributed by atoms with van der Waals surface area (Å²) >= 11 is 12.1. The van der Waals surface area contributed by atoms with Crippen molar-refractivity contribution in [1.29, 1.82) is 0 Å².